The zero-order valence-corrected chi connectivity index (χ0v) is 18.7. The van der Waals surface area contributed by atoms with E-state index in [1.807, 2.05) is 0 Å². The van der Waals surface area contributed by atoms with Crippen LogP contribution in [0.3, 0.4) is 0 Å². The maximum atomic E-state index is 12.3. The standard InChI is InChI=1S/C19H21ClN5O5P/c1-10-7-22-14(11(2)17(10)26)9-25-8-13(5-4-6-15(21)30-31(27,28)29)16-18(20)23-12(3)24-19(16)25/h7-8,15H,6,9,21H2,1-3H3,(H,22,26)(H2,27,28,29). The molecule has 12 heteroatoms. The summed E-state index contributed by atoms with van der Waals surface area (Å²) in [6, 6.07) is 0. The largest absolute Gasteiger partial charge is 0.471 e. The second-order valence-corrected chi connectivity index (χ2v) is 8.53. The van der Waals surface area contributed by atoms with Crippen molar-refractivity contribution in [1.29, 1.82) is 0 Å². The highest BCUT2D eigenvalue weighted by atomic mass is 35.5. The summed E-state index contributed by atoms with van der Waals surface area (Å²) in [7, 11) is -4.70. The van der Waals surface area contributed by atoms with E-state index in [1.54, 1.807) is 37.7 Å². The number of halogens is 1. The highest BCUT2D eigenvalue weighted by Gasteiger charge is 2.19. The van der Waals surface area contributed by atoms with Gasteiger partial charge in [0.1, 0.15) is 22.9 Å². The van der Waals surface area contributed by atoms with Gasteiger partial charge in [0.25, 0.3) is 0 Å². The molecule has 3 aromatic heterocycles. The quantitative estimate of drug-likeness (QED) is 0.192. The molecule has 164 valence electrons. The average molecular weight is 466 g/mol. The Morgan fingerprint density at radius 2 is 2.06 bits per heavy atom. The molecule has 0 spiro atoms. The molecule has 0 aromatic carbocycles. The van der Waals surface area contributed by atoms with Crippen LogP contribution in [0, 0.1) is 32.6 Å². The highest BCUT2D eigenvalue weighted by molar-refractivity contribution is 7.46. The zero-order valence-electron chi connectivity index (χ0n) is 17.0. The van der Waals surface area contributed by atoms with Crippen LogP contribution in [0.15, 0.2) is 17.2 Å². The number of phosphoric ester groups is 1. The van der Waals surface area contributed by atoms with Crippen molar-refractivity contribution in [3.8, 4) is 11.8 Å². The number of aromatic nitrogens is 4. The fourth-order valence-corrected chi connectivity index (χ4v) is 3.79. The predicted octanol–water partition coefficient (Wildman–Crippen LogP) is 1.88. The first-order chi connectivity index (χ1) is 14.5. The molecule has 0 saturated carbocycles. The van der Waals surface area contributed by atoms with Crippen molar-refractivity contribution in [2.45, 2.75) is 40.0 Å². The van der Waals surface area contributed by atoms with Crippen LogP contribution in [0.4, 0.5) is 0 Å². The lowest BCUT2D eigenvalue weighted by molar-refractivity contribution is 0.140. The number of phosphoric acid groups is 1. The first-order valence-electron chi connectivity index (χ1n) is 9.15. The Balaban J connectivity index is 2.01. The van der Waals surface area contributed by atoms with Crippen molar-refractivity contribution in [3.05, 3.63) is 56.0 Å². The number of nitrogens with two attached hydrogens (primary N) is 1. The van der Waals surface area contributed by atoms with Crippen LogP contribution in [-0.4, -0.2) is 35.5 Å². The molecule has 10 nitrogen and oxygen atoms in total. The van der Waals surface area contributed by atoms with Gasteiger partial charge in [-0.25, -0.2) is 14.5 Å². The van der Waals surface area contributed by atoms with Crippen LogP contribution in [0.1, 0.15) is 34.6 Å². The van der Waals surface area contributed by atoms with Crippen LogP contribution in [-0.2, 0) is 15.6 Å². The number of hydrogen-bond acceptors (Lipinski definition) is 6. The molecule has 0 amide bonds. The molecule has 31 heavy (non-hydrogen) atoms. The smallest absolute Gasteiger partial charge is 0.363 e. The summed E-state index contributed by atoms with van der Waals surface area (Å²) in [4.78, 5) is 41.7. The molecule has 0 radical (unpaired) electrons. The number of rotatable bonds is 5. The van der Waals surface area contributed by atoms with E-state index in [0.29, 0.717) is 40.1 Å². The summed E-state index contributed by atoms with van der Waals surface area (Å²) in [5.74, 6) is 6.09. The molecule has 0 aliphatic heterocycles. The summed E-state index contributed by atoms with van der Waals surface area (Å²) in [5.41, 5.74) is 8.49. The summed E-state index contributed by atoms with van der Waals surface area (Å²) in [5, 5.41) is 0.742. The second kappa shape index (κ2) is 8.93. The van der Waals surface area contributed by atoms with Gasteiger partial charge in [-0.1, -0.05) is 23.4 Å². The van der Waals surface area contributed by atoms with Gasteiger partial charge in [0.2, 0.25) is 0 Å². The molecule has 1 unspecified atom stereocenters. The number of pyridine rings is 1. The van der Waals surface area contributed by atoms with Crippen molar-refractivity contribution in [2.75, 3.05) is 0 Å². The third-order valence-corrected chi connectivity index (χ3v) is 5.34. The Kier molecular flexibility index (Phi) is 6.67. The van der Waals surface area contributed by atoms with Gasteiger partial charge in [-0.3, -0.25) is 9.32 Å². The van der Waals surface area contributed by atoms with Gasteiger partial charge in [0.05, 0.1) is 17.5 Å². The minimum atomic E-state index is -4.70. The van der Waals surface area contributed by atoms with Crippen LogP contribution in [0.2, 0.25) is 5.15 Å². The number of aromatic amines is 1. The van der Waals surface area contributed by atoms with E-state index in [4.69, 9.17) is 27.1 Å². The third kappa shape index (κ3) is 5.40. The van der Waals surface area contributed by atoms with Crippen molar-refractivity contribution in [1.82, 2.24) is 19.5 Å². The molecule has 0 saturated heterocycles. The van der Waals surface area contributed by atoms with Crippen LogP contribution in [0.5, 0.6) is 0 Å². The summed E-state index contributed by atoms with van der Waals surface area (Å²) < 4.78 is 17.0. The van der Waals surface area contributed by atoms with E-state index >= 15 is 0 Å². The first kappa shape index (κ1) is 23.2. The molecule has 0 aliphatic rings. The SMILES string of the molecule is Cc1nc(Cl)c2c(C#CCC(N)OP(=O)(O)O)cn(Cc3[nH]cc(C)c(=O)c3C)c2n1. The molecular weight excluding hydrogens is 445 g/mol. The molecule has 3 aromatic rings. The van der Waals surface area contributed by atoms with Gasteiger partial charge in [-0.15, -0.1) is 0 Å². The molecular formula is C19H21ClN5O5P. The van der Waals surface area contributed by atoms with E-state index in [2.05, 4.69) is 31.3 Å². The third-order valence-electron chi connectivity index (χ3n) is 4.53. The van der Waals surface area contributed by atoms with Gasteiger partial charge >= 0.3 is 7.82 Å². The fourth-order valence-electron chi connectivity index (χ4n) is 3.06. The van der Waals surface area contributed by atoms with Crippen molar-refractivity contribution >= 4 is 30.5 Å². The van der Waals surface area contributed by atoms with Crippen LogP contribution >= 0.6 is 19.4 Å². The molecule has 5 N–H and O–H groups in total. The molecule has 0 fully saturated rings. The van der Waals surface area contributed by atoms with E-state index in [-0.39, 0.29) is 17.0 Å². The lowest BCUT2D eigenvalue weighted by Gasteiger charge is -2.09. The Labute approximate surface area is 182 Å². The minimum absolute atomic E-state index is 0.0342. The summed E-state index contributed by atoms with van der Waals surface area (Å²) in [6.45, 7) is 5.54. The maximum Gasteiger partial charge on any atom is 0.471 e. The zero-order chi connectivity index (χ0) is 22.9. The van der Waals surface area contributed by atoms with Gasteiger partial charge in [0, 0.05) is 35.6 Å². The summed E-state index contributed by atoms with van der Waals surface area (Å²) in [6.07, 6.45) is 2.01. The van der Waals surface area contributed by atoms with Crippen LogP contribution in [0.25, 0.3) is 11.0 Å². The van der Waals surface area contributed by atoms with E-state index < -0.39 is 14.1 Å². The van der Waals surface area contributed by atoms with Crippen LogP contribution < -0.4 is 11.2 Å². The Morgan fingerprint density at radius 3 is 2.74 bits per heavy atom. The van der Waals surface area contributed by atoms with Crippen molar-refractivity contribution in [3.63, 3.8) is 0 Å². The Hall–Kier alpha value is -2.51. The highest BCUT2D eigenvalue weighted by Crippen LogP contribution is 2.37. The Morgan fingerprint density at radius 1 is 1.35 bits per heavy atom. The van der Waals surface area contributed by atoms with Gasteiger partial charge in [-0.2, -0.15) is 0 Å². The van der Waals surface area contributed by atoms with E-state index in [0.717, 1.165) is 5.69 Å². The lowest BCUT2D eigenvalue weighted by atomic mass is 10.1. The molecule has 0 aliphatic carbocycles. The lowest BCUT2D eigenvalue weighted by Crippen LogP contribution is -2.21. The monoisotopic (exact) mass is 465 g/mol. The summed E-state index contributed by atoms with van der Waals surface area (Å²) >= 11 is 6.35. The normalized spacial score (nSPS) is 12.6. The molecule has 3 heterocycles. The van der Waals surface area contributed by atoms with E-state index in [9.17, 15) is 9.36 Å². The number of hydrogen-bond donors (Lipinski definition) is 4. The number of fused-ring (bicyclic) bond motifs is 1. The molecule has 1 atom stereocenters. The van der Waals surface area contributed by atoms with Crippen molar-refractivity contribution in [2.24, 2.45) is 5.73 Å². The predicted molar refractivity (Wildman–Crippen MR) is 116 cm³/mol. The molecule has 0 bridgehead atoms. The average Bonchev–Trinajstić information content (AvgIpc) is 2.98. The second-order valence-electron chi connectivity index (χ2n) is 6.98. The number of nitrogens with zero attached hydrogens (tertiary/aromatic N) is 3. The van der Waals surface area contributed by atoms with E-state index in [1.165, 1.54) is 0 Å². The van der Waals surface area contributed by atoms with Gasteiger partial charge in [0.15, 0.2) is 5.43 Å². The van der Waals surface area contributed by atoms with Gasteiger partial charge in [-0.05, 0) is 20.8 Å². The number of H-pyrrole nitrogens is 1. The number of nitrogens with one attached hydrogen (secondary N) is 1. The molecule has 3 rings (SSSR count). The first-order valence-corrected chi connectivity index (χ1v) is 11.1. The topological polar surface area (TPSA) is 156 Å². The fraction of sp³-hybridized carbons (Fsp3) is 0.316. The Bertz CT molecular complexity index is 1320. The van der Waals surface area contributed by atoms with Crippen molar-refractivity contribution < 1.29 is 18.9 Å². The minimum Gasteiger partial charge on any atom is -0.363 e. The maximum absolute atomic E-state index is 12.3. The van der Waals surface area contributed by atoms with Gasteiger partial charge < -0.3 is 25.1 Å². The number of aryl methyl sites for hydroxylation is 2.